The van der Waals surface area contributed by atoms with Crippen LogP contribution in [0, 0.1) is 5.82 Å². The van der Waals surface area contributed by atoms with E-state index in [0.29, 0.717) is 16.6 Å². The Hall–Kier alpha value is -1.66. The second-order valence-electron chi connectivity index (χ2n) is 6.89. The minimum atomic E-state index is -0.786. The van der Waals surface area contributed by atoms with Gasteiger partial charge in [0.2, 0.25) is 0 Å². The monoisotopic (exact) mass is 334 g/mol. The number of hydrogen-bond acceptors (Lipinski definition) is 4. The van der Waals surface area contributed by atoms with E-state index in [0.717, 1.165) is 0 Å². The molecule has 130 valence electrons. The number of hydrogen-bond donors (Lipinski definition) is 0. The quantitative estimate of drug-likeness (QED) is 0.482. The lowest BCUT2D eigenvalue weighted by Gasteiger charge is -2.32. The maximum atomic E-state index is 14.9. The van der Waals surface area contributed by atoms with E-state index in [-0.39, 0.29) is 6.61 Å². The van der Waals surface area contributed by atoms with E-state index in [2.05, 4.69) is 0 Å². The fourth-order valence-corrected chi connectivity index (χ4v) is 2.37. The van der Waals surface area contributed by atoms with Gasteiger partial charge in [0, 0.05) is 16.6 Å². The van der Waals surface area contributed by atoms with E-state index in [1.807, 2.05) is 27.7 Å². The molecule has 0 aliphatic carbocycles. The number of esters is 1. The molecule has 1 aliphatic heterocycles. The normalized spacial score (nSPS) is 19.5. The van der Waals surface area contributed by atoms with Crippen molar-refractivity contribution in [2.75, 3.05) is 6.61 Å². The van der Waals surface area contributed by atoms with Crippen LogP contribution in [0.4, 0.5) is 4.39 Å². The third-order valence-corrected chi connectivity index (χ3v) is 4.54. The highest BCUT2D eigenvalue weighted by molar-refractivity contribution is 6.62. The smallest absolute Gasteiger partial charge is 0.463 e. The van der Waals surface area contributed by atoms with Crippen LogP contribution in [-0.2, 0) is 18.8 Å². The van der Waals surface area contributed by atoms with Crippen molar-refractivity contribution in [3.8, 4) is 0 Å². The zero-order chi connectivity index (χ0) is 18.1. The molecular weight excluding hydrogens is 310 g/mol. The fourth-order valence-electron chi connectivity index (χ4n) is 2.37. The fraction of sp³-hybridized carbons (Fsp3) is 0.500. The number of rotatable bonds is 4. The van der Waals surface area contributed by atoms with E-state index in [4.69, 9.17) is 14.0 Å². The predicted octanol–water partition coefficient (Wildman–Crippen LogP) is 3.09. The van der Waals surface area contributed by atoms with E-state index in [1.165, 1.54) is 6.08 Å². The molecule has 0 aromatic heterocycles. The van der Waals surface area contributed by atoms with Crippen molar-refractivity contribution in [3.05, 3.63) is 35.2 Å². The van der Waals surface area contributed by atoms with Crippen LogP contribution in [0.1, 0.15) is 47.1 Å². The number of carbonyl (C=O) groups excluding carboxylic acids is 1. The average molecular weight is 334 g/mol. The summed E-state index contributed by atoms with van der Waals surface area (Å²) in [6, 6.07) is 4.95. The summed E-state index contributed by atoms with van der Waals surface area (Å²) in [5.41, 5.74) is -0.137. The van der Waals surface area contributed by atoms with Gasteiger partial charge >= 0.3 is 13.1 Å². The van der Waals surface area contributed by atoms with Gasteiger partial charge < -0.3 is 14.0 Å². The van der Waals surface area contributed by atoms with Crippen LogP contribution in [0.15, 0.2) is 23.8 Å². The Labute approximate surface area is 143 Å². The summed E-state index contributed by atoms with van der Waals surface area (Å²) in [6.07, 6.45) is 1.47. The van der Waals surface area contributed by atoms with Crippen molar-refractivity contribution in [1.82, 2.24) is 0 Å². The predicted molar refractivity (Wildman–Crippen MR) is 92.4 cm³/mol. The van der Waals surface area contributed by atoms with Crippen LogP contribution >= 0.6 is 0 Å². The molecule has 4 nitrogen and oxygen atoms in total. The number of ether oxygens (including phenoxy) is 1. The Bertz CT molecular complexity index is 651. The van der Waals surface area contributed by atoms with Crippen molar-refractivity contribution in [2.45, 2.75) is 52.7 Å². The first-order valence-electron chi connectivity index (χ1n) is 8.08. The first kappa shape index (κ1) is 18.7. The van der Waals surface area contributed by atoms with Crippen molar-refractivity contribution >= 4 is 24.6 Å². The summed E-state index contributed by atoms with van der Waals surface area (Å²) in [7, 11) is -0.786. The standard InChI is InChI=1S/C18H24BFO4/c1-7-22-16(21)12(2)11-13-9-8-10-14(15(13)20)19-23-17(3,4)18(5,6)24-19/h8-11H,7H2,1-6H3/b12-11+. The summed E-state index contributed by atoms with van der Waals surface area (Å²) in [5, 5.41) is 0. The van der Waals surface area contributed by atoms with Crippen LogP contribution in [0.5, 0.6) is 0 Å². The van der Waals surface area contributed by atoms with E-state index < -0.39 is 30.1 Å². The Morgan fingerprint density at radius 3 is 2.38 bits per heavy atom. The van der Waals surface area contributed by atoms with Gasteiger partial charge in [-0.1, -0.05) is 18.2 Å². The summed E-state index contributed by atoms with van der Waals surface area (Å²) >= 11 is 0. The third-order valence-electron chi connectivity index (χ3n) is 4.54. The van der Waals surface area contributed by atoms with Gasteiger partial charge in [-0.05, 0) is 47.6 Å². The molecule has 0 spiro atoms. The first-order valence-corrected chi connectivity index (χ1v) is 8.08. The Morgan fingerprint density at radius 2 is 1.83 bits per heavy atom. The lowest BCUT2D eigenvalue weighted by molar-refractivity contribution is -0.138. The Balaban J connectivity index is 2.33. The molecule has 24 heavy (non-hydrogen) atoms. The zero-order valence-electron chi connectivity index (χ0n) is 15.1. The molecule has 0 unspecified atom stereocenters. The number of halogens is 1. The molecule has 0 saturated carbocycles. The second kappa shape index (κ2) is 6.69. The summed E-state index contributed by atoms with van der Waals surface area (Å²) in [5.74, 6) is -0.919. The van der Waals surface area contributed by atoms with Crippen molar-refractivity contribution in [3.63, 3.8) is 0 Å². The average Bonchev–Trinajstić information content (AvgIpc) is 2.69. The SMILES string of the molecule is CCOC(=O)/C(C)=C/c1cccc(B2OC(C)(C)C(C)(C)O2)c1F. The molecule has 0 atom stereocenters. The highest BCUT2D eigenvalue weighted by Crippen LogP contribution is 2.36. The molecule has 1 aromatic rings. The highest BCUT2D eigenvalue weighted by atomic mass is 19.1. The molecule has 0 radical (unpaired) electrons. The second-order valence-corrected chi connectivity index (χ2v) is 6.89. The number of benzene rings is 1. The van der Waals surface area contributed by atoms with Crippen LogP contribution in [0.3, 0.4) is 0 Å². The topological polar surface area (TPSA) is 44.8 Å². The minimum absolute atomic E-state index is 0.278. The molecule has 1 aliphatic rings. The lowest BCUT2D eigenvalue weighted by Crippen LogP contribution is -2.41. The Kier molecular flexibility index (Phi) is 5.21. The maximum Gasteiger partial charge on any atom is 0.497 e. The first-order chi connectivity index (χ1) is 11.1. The third kappa shape index (κ3) is 3.54. The minimum Gasteiger partial charge on any atom is -0.463 e. The van der Waals surface area contributed by atoms with Crippen LogP contribution in [0.25, 0.3) is 6.08 Å². The molecule has 1 aromatic carbocycles. The van der Waals surface area contributed by atoms with Crippen LogP contribution in [-0.4, -0.2) is 30.9 Å². The lowest BCUT2D eigenvalue weighted by atomic mass is 9.77. The Morgan fingerprint density at radius 1 is 1.25 bits per heavy atom. The molecule has 0 N–H and O–H groups in total. The van der Waals surface area contributed by atoms with Crippen molar-refractivity contribution < 1.29 is 23.2 Å². The highest BCUT2D eigenvalue weighted by Gasteiger charge is 2.52. The van der Waals surface area contributed by atoms with Gasteiger partial charge in [0.25, 0.3) is 0 Å². The van der Waals surface area contributed by atoms with Gasteiger partial charge in [-0.2, -0.15) is 0 Å². The largest absolute Gasteiger partial charge is 0.497 e. The molecule has 6 heteroatoms. The molecule has 1 heterocycles. The van der Waals surface area contributed by atoms with E-state index in [9.17, 15) is 9.18 Å². The molecule has 0 bridgehead atoms. The maximum absolute atomic E-state index is 14.9. The zero-order valence-corrected chi connectivity index (χ0v) is 15.1. The van der Waals surface area contributed by atoms with E-state index >= 15 is 0 Å². The summed E-state index contributed by atoms with van der Waals surface area (Å²) in [4.78, 5) is 11.7. The van der Waals surface area contributed by atoms with Gasteiger partial charge in [0.05, 0.1) is 17.8 Å². The van der Waals surface area contributed by atoms with Gasteiger partial charge in [-0.3, -0.25) is 0 Å². The summed E-state index contributed by atoms with van der Waals surface area (Å²) in [6.45, 7) is 11.3. The molecule has 2 rings (SSSR count). The molecule has 1 saturated heterocycles. The van der Waals surface area contributed by atoms with Crippen LogP contribution < -0.4 is 5.46 Å². The summed E-state index contributed by atoms with van der Waals surface area (Å²) < 4.78 is 31.6. The van der Waals surface area contributed by atoms with Crippen molar-refractivity contribution in [2.24, 2.45) is 0 Å². The van der Waals surface area contributed by atoms with Gasteiger partial charge in [-0.15, -0.1) is 0 Å². The van der Waals surface area contributed by atoms with Gasteiger partial charge in [0.15, 0.2) is 0 Å². The molecule has 0 amide bonds. The van der Waals surface area contributed by atoms with Gasteiger partial charge in [-0.25, -0.2) is 9.18 Å². The van der Waals surface area contributed by atoms with Crippen LogP contribution in [0.2, 0.25) is 0 Å². The molecule has 1 fully saturated rings. The molecular formula is C18H24BFO4. The van der Waals surface area contributed by atoms with Gasteiger partial charge in [0.1, 0.15) is 5.82 Å². The van der Waals surface area contributed by atoms with Crippen molar-refractivity contribution in [1.29, 1.82) is 0 Å². The number of carbonyl (C=O) groups is 1. The van der Waals surface area contributed by atoms with E-state index in [1.54, 1.807) is 32.0 Å².